The molecule has 0 aliphatic carbocycles. The van der Waals surface area contributed by atoms with E-state index >= 15 is 0 Å². The highest BCUT2D eigenvalue weighted by Crippen LogP contribution is 2.35. The van der Waals surface area contributed by atoms with E-state index in [0.29, 0.717) is 23.5 Å². The van der Waals surface area contributed by atoms with E-state index in [1.807, 2.05) is 6.07 Å². The van der Waals surface area contributed by atoms with E-state index in [-0.39, 0.29) is 25.6 Å². The van der Waals surface area contributed by atoms with Crippen LogP contribution in [0.3, 0.4) is 0 Å². The van der Waals surface area contributed by atoms with E-state index in [4.69, 9.17) is 14.7 Å². The molecule has 0 atom stereocenters. The van der Waals surface area contributed by atoms with Crippen LogP contribution in [0.4, 0.5) is 13.2 Å². The maximum absolute atomic E-state index is 13.0. The number of halogens is 3. The number of ether oxygens (including phenoxy) is 2. The summed E-state index contributed by atoms with van der Waals surface area (Å²) in [6.07, 6.45) is -3.57. The van der Waals surface area contributed by atoms with Crippen molar-refractivity contribution in [3.63, 3.8) is 0 Å². The molecule has 0 saturated carbocycles. The van der Waals surface area contributed by atoms with Crippen LogP contribution in [0.25, 0.3) is 11.4 Å². The number of fused-ring (bicyclic) bond motifs is 3. The van der Waals surface area contributed by atoms with E-state index < -0.39 is 11.9 Å². The zero-order chi connectivity index (χ0) is 16.4. The van der Waals surface area contributed by atoms with Crippen LogP contribution in [0.5, 0.6) is 5.75 Å². The topological polar surface area (TPSA) is 60.1 Å². The summed E-state index contributed by atoms with van der Waals surface area (Å²) in [5.74, 6) is 0.456. The summed E-state index contributed by atoms with van der Waals surface area (Å²) in [6, 6.07) is 6.54. The second-order valence-electron chi connectivity index (χ2n) is 4.92. The number of aromatic nitrogens is 2. The Morgan fingerprint density at radius 1 is 1.22 bits per heavy atom. The van der Waals surface area contributed by atoms with Gasteiger partial charge in [-0.2, -0.15) is 18.4 Å². The average Bonchev–Trinajstić information content (AvgIpc) is 2.95. The van der Waals surface area contributed by atoms with Gasteiger partial charge in [0.05, 0.1) is 30.4 Å². The lowest BCUT2D eigenvalue weighted by Gasteiger charge is -2.16. The Morgan fingerprint density at radius 3 is 2.78 bits per heavy atom. The molecule has 0 N–H and O–H groups in total. The molecule has 2 heterocycles. The van der Waals surface area contributed by atoms with Crippen LogP contribution in [0.15, 0.2) is 24.4 Å². The van der Waals surface area contributed by atoms with Gasteiger partial charge in [0.1, 0.15) is 18.2 Å². The lowest BCUT2D eigenvalue weighted by Crippen LogP contribution is -2.14. The molecular formula is C15H12F3N3O2. The van der Waals surface area contributed by atoms with Crippen LogP contribution in [-0.4, -0.2) is 29.4 Å². The monoisotopic (exact) mass is 323 g/mol. The fourth-order valence-electron chi connectivity index (χ4n) is 2.31. The van der Waals surface area contributed by atoms with Gasteiger partial charge in [-0.15, -0.1) is 0 Å². The highest BCUT2D eigenvalue weighted by molar-refractivity contribution is 5.66. The molecular weight excluding hydrogens is 311 g/mol. The molecule has 5 nitrogen and oxygen atoms in total. The number of rotatable bonds is 0. The van der Waals surface area contributed by atoms with Crippen molar-refractivity contribution in [1.82, 2.24) is 9.55 Å². The van der Waals surface area contributed by atoms with Gasteiger partial charge >= 0.3 is 6.18 Å². The quantitative estimate of drug-likeness (QED) is 0.748. The predicted octanol–water partition coefficient (Wildman–Crippen LogP) is 2.85. The molecule has 1 aliphatic rings. The van der Waals surface area contributed by atoms with Crippen molar-refractivity contribution in [2.75, 3.05) is 19.8 Å². The van der Waals surface area contributed by atoms with Crippen molar-refractivity contribution in [1.29, 1.82) is 5.26 Å². The van der Waals surface area contributed by atoms with Gasteiger partial charge in [-0.3, -0.25) is 0 Å². The molecule has 0 fully saturated rings. The molecule has 23 heavy (non-hydrogen) atoms. The number of imidazole rings is 1. The lowest BCUT2D eigenvalue weighted by molar-refractivity contribution is -0.140. The maximum Gasteiger partial charge on any atom is 0.434 e. The predicted molar refractivity (Wildman–Crippen MR) is 73.7 cm³/mol. The van der Waals surface area contributed by atoms with Crippen molar-refractivity contribution < 1.29 is 22.6 Å². The molecule has 120 valence electrons. The highest BCUT2D eigenvalue weighted by Gasteiger charge is 2.35. The number of hydrogen-bond acceptors (Lipinski definition) is 4. The summed E-state index contributed by atoms with van der Waals surface area (Å²) in [5.41, 5.74) is -0.195. The molecule has 0 bridgehead atoms. The first-order chi connectivity index (χ1) is 11.0. The minimum absolute atomic E-state index is 0.141. The molecule has 1 aliphatic heterocycles. The Hall–Kier alpha value is -2.53. The van der Waals surface area contributed by atoms with Gasteiger partial charge in [0.2, 0.25) is 0 Å². The van der Waals surface area contributed by atoms with Gasteiger partial charge in [-0.05, 0) is 18.2 Å². The summed E-state index contributed by atoms with van der Waals surface area (Å²) < 4.78 is 51.1. The minimum atomic E-state index is -4.53. The number of alkyl halides is 3. The number of benzene rings is 1. The van der Waals surface area contributed by atoms with Gasteiger partial charge in [-0.1, -0.05) is 0 Å². The van der Waals surface area contributed by atoms with Crippen molar-refractivity contribution >= 4 is 0 Å². The van der Waals surface area contributed by atoms with Gasteiger partial charge in [0.15, 0.2) is 5.69 Å². The Morgan fingerprint density at radius 2 is 2.04 bits per heavy atom. The molecule has 0 radical (unpaired) electrons. The average molecular weight is 323 g/mol. The van der Waals surface area contributed by atoms with Crippen molar-refractivity contribution in [3.8, 4) is 23.2 Å². The van der Waals surface area contributed by atoms with Crippen LogP contribution >= 0.6 is 0 Å². The highest BCUT2D eigenvalue weighted by atomic mass is 19.4. The zero-order valence-corrected chi connectivity index (χ0v) is 11.9. The number of hydrogen-bond donors (Lipinski definition) is 0. The summed E-state index contributed by atoms with van der Waals surface area (Å²) in [6.45, 7) is 1.06. The molecule has 0 saturated heterocycles. The molecule has 3 rings (SSSR count). The first-order valence-electron chi connectivity index (χ1n) is 6.88. The van der Waals surface area contributed by atoms with E-state index in [9.17, 15) is 13.2 Å². The maximum atomic E-state index is 13.0. The fourth-order valence-corrected chi connectivity index (χ4v) is 2.31. The Kier molecular flexibility index (Phi) is 3.96. The molecule has 1 aromatic heterocycles. The van der Waals surface area contributed by atoms with E-state index in [0.717, 1.165) is 6.20 Å². The van der Waals surface area contributed by atoms with E-state index in [1.165, 1.54) is 16.7 Å². The third kappa shape index (κ3) is 3.14. The molecule has 0 spiro atoms. The second-order valence-corrected chi connectivity index (χ2v) is 4.92. The summed E-state index contributed by atoms with van der Waals surface area (Å²) in [5, 5.41) is 8.97. The SMILES string of the molecule is N#Cc1ccc2c(c1)OCCOCCn1cc(C(F)(F)F)nc1-2. The van der Waals surface area contributed by atoms with Crippen molar-refractivity contribution in [2.45, 2.75) is 12.7 Å². The summed E-state index contributed by atoms with van der Waals surface area (Å²) in [7, 11) is 0. The number of nitrogens with zero attached hydrogens (tertiary/aromatic N) is 3. The van der Waals surface area contributed by atoms with Gasteiger partial charge in [-0.25, -0.2) is 4.98 Å². The minimum Gasteiger partial charge on any atom is -0.490 e. The normalized spacial score (nSPS) is 15.0. The second kappa shape index (κ2) is 5.93. The van der Waals surface area contributed by atoms with Crippen molar-refractivity contribution in [3.05, 3.63) is 35.7 Å². The van der Waals surface area contributed by atoms with Crippen LogP contribution in [0.2, 0.25) is 0 Å². The Balaban J connectivity index is 2.15. The van der Waals surface area contributed by atoms with Gasteiger partial charge in [0.25, 0.3) is 0 Å². The number of nitriles is 1. The summed E-state index contributed by atoms with van der Waals surface area (Å²) >= 11 is 0. The van der Waals surface area contributed by atoms with Crippen LogP contribution in [0, 0.1) is 11.3 Å². The fraction of sp³-hybridized carbons (Fsp3) is 0.333. The third-order valence-corrected chi connectivity index (χ3v) is 3.38. The first kappa shape index (κ1) is 15.4. The van der Waals surface area contributed by atoms with E-state index in [1.54, 1.807) is 6.07 Å². The molecule has 0 amide bonds. The van der Waals surface area contributed by atoms with Crippen molar-refractivity contribution in [2.24, 2.45) is 0 Å². The third-order valence-electron chi connectivity index (χ3n) is 3.38. The van der Waals surface area contributed by atoms with Crippen LogP contribution in [-0.2, 0) is 17.5 Å². The van der Waals surface area contributed by atoms with Gasteiger partial charge < -0.3 is 14.0 Å². The molecule has 1 aromatic carbocycles. The molecule has 8 heteroatoms. The zero-order valence-electron chi connectivity index (χ0n) is 11.9. The van der Waals surface area contributed by atoms with E-state index in [2.05, 4.69) is 4.98 Å². The Labute approximate surface area is 129 Å². The van der Waals surface area contributed by atoms with Crippen LogP contribution in [0.1, 0.15) is 11.3 Å². The molecule has 0 unspecified atom stereocenters. The van der Waals surface area contributed by atoms with Gasteiger partial charge in [0, 0.05) is 12.7 Å². The Bertz CT molecular complexity index is 762. The molecule has 2 aromatic rings. The lowest BCUT2D eigenvalue weighted by atomic mass is 10.1. The largest absolute Gasteiger partial charge is 0.490 e. The standard InChI is InChI=1S/C15H12F3N3O2/c16-15(17,18)13-9-21-3-4-22-5-6-23-12-7-10(8-19)1-2-11(12)14(21)20-13/h1-2,7,9H,3-6H2. The first-order valence-corrected chi connectivity index (χ1v) is 6.88. The smallest absolute Gasteiger partial charge is 0.434 e. The van der Waals surface area contributed by atoms with Crippen LogP contribution < -0.4 is 4.74 Å². The summed E-state index contributed by atoms with van der Waals surface area (Å²) in [4.78, 5) is 3.71.